The van der Waals surface area contributed by atoms with Gasteiger partial charge in [0, 0.05) is 28.5 Å². The Kier molecular flexibility index (Phi) is 3.50. The lowest BCUT2D eigenvalue weighted by Gasteiger charge is -2.15. The van der Waals surface area contributed by atoms with Crippen molar-refractivity contribution in [3.63, 3.8) is 0 Å². The summed E-state index contributed by atoms with van der Waals surface area (Å²) < 4.78 is 0. The van der Waals surface area contributed by atoms with Gasteiger partial charge in [0.15, 0.2) is 0 Å². The van der Waals surface area contributed by atoms with Crippen LogP contribution in [0.3, 0.4) is 0 Å². The number of para-hydroxylation sites is 1. The number of nitrogens with zero attached hydrogens (tertiary/aromatic N) is 2. The third kappa shape index (κ3) is 2.37. The topological polar surface area (TPSA) is 55.5 Å². The van der Waals surface area contributed by atoms with Gasteiger partial charge >= 0.3 is 0 Å². The second-order valence-electron chi connectivity index (χ2n) is 7.63. The number of hydrogen-bond acceptors (Lipinski definition) is 3. The van der Waals surface area contributed by atoms with Gasteiger partial charge in [-0.3, -0.25) is 10.1 Å². The van der Waals surface area contributed by atoms with E-state index in [1.54, 1.807) is 18.2 Å². The summed E-state index contributed by atoms with van der Waals surface area (Å²) >= 11 is 0. The smallest absolute Gasteiger partial charge is 0.258 e. The van der Waals surface area contributed by atoms with Crippen LogP contribution in [-0.4, -0.2) is 4.92 Å². The molecule has 1 heterocycles. The van der Waals surface area contributed by atoms with Crippen LogP contribution >= 0.6 is 0 Å². The highest BCUT2D eigenvalue weighted by atomic mass is 16.6. The van der Waals surface area contributed by atoms with Crippen molar-refractivity contribution >= 4 is 28.2 Å². The van der Waals surface area contributed by atoms with E-state index in [1.807, 2.05) is 36.4 Å². The van der Waals surface area contributed by atoms with Gasteiger partial charge in [0.05, 0.1) is 21.5 Å². The van der Waals surface area contributed by atoms with E-state index in [0.29, 0.717) is 5.56 Å². The minimum absolute atomic E-state index is 0.0991. The van der Waals surface area contributed by atoms with Gasteiger partial charge in [0.1, 0.15) is 0 Å². The molecule has 30 heavy (non-hydrogen) atoms. The number of benzene rings is 4. The largest absolute Gasteiger partial charge is 0.277 e. The Morgan fingerprint density at radius 3 is 2.40 bits per heavy atom. The highest BCUT2D eigenvalue weighted by Crippen LogP contribution is 2.36. The molecule has 1 aliphatic heterocycles. The Bertz CT molecular complexity index is 1520. The van der Waals surface area contributed by atoms with Crippen LogP contribution < -0.4 is 10.6 Å². The van der Waals surface area contributed by atoms with E-state index in [2.05, 4.69) is 36.4 Å². The molecule has 4 aromatic rings. The van der Waals surface area contributed by atoms with Gasteiger partial charge in [-0.05, 0) is 28.3 Å². The summed E-state index contributed by atoms with van der Waals surface area (Å²) in [6.45, 7) is 0. The summed E-state index contributed by atoms with van der Waals surface area (Å²) in [6, 6.07) is 25.5. The van der Waals surface area contributed by atoms with Crippen LogP contribution in [0.1, 0.15) is 17.0 Å². The maximum Gasteiger partial charge on any atom is 0.277 e. The number of hydrogen-bond donors (Lipinski definition) is 0. The fourth-order valence-electron chi connectivity index (χ4n) is 4.60. The monoisotopic (exact) mass is 388 g/mol. The molecule has 1 unspecified atom stereocenters. The van der Waals surface area contributed by atoms with Crippen molar-refractivity contribution in [3.05, 3.63) is 117 Å². The maximum atomic E-state index is 11.6. The minimum atomic E-state index is -0.327. The lowest BCUT2D eigenvalue weighted by atomic mass is 9.88. The Morgan fingerprint density at radius 1 is 0.800 bits per heavy atom. The van der Waals surface area contributed by atoms with Crippen molar-refractivity contribution in [2.75, 3.05) is 0 Å². The molecule has 0 fully saturated rings. The van der Waals surface area contributed by atoms with E-state index in [-0.39, 0.29) is 16.5 Å². The van der Waals surface area contributed by atoms with E-state index in [9.17, 15) is 10.1 Å². The molecule has 0 aromatic heterocycles. The molecule has 4 aromatic carbocycles. The van der Waals surface area contributed by atoms with Crippen molar-refractivity contribution in [1.82, 2.24) is 0 Å². The summed E-state index contributed by atoms with van der Waals surface area (Å²) in [7, 11) is 0. The van der Waals surface area contributed by atoms with Crippen LogP contribution in [0, 0.1) is 10.1 Å². The Morgan fingerprint density at radius 2 is 1.57 bits per heavy atom. The zero-order valence-corrected chi connectivity index (χ0v) is 15.9. The summed E-state index contributed by atoms with van der Waals surface area (Å²) in [4.78, 5) is 16.3. The third-order valence-corrected chi connectivity index (χ3v) is 5.95. The Balaban J connectivity index is 1.66. The first kappa shape index (κ1) is 16.9. The van der Waals surface area contributed by atoms with Crippen molar-refractivity contribution < 1.29 is 4.92 Å². The first-order valence-corrected chi connectivity index (χ1v) is 9.88. The third-order valence-electron chi connectivity index (χ3n) is 5.95. The molecule has 0 amide bonds. The second kappa shape index (κ2) is 6.22. The summed E-state index contributed by atoms with van der Waals surface area (Å²) in [5.74, 6) is 0.152. The minimum Gasteiger partial charge on any atom is -0.258 e. The molecule has 1 atom stereocenters. The molecular weight excluding hydrogens is 372 g/mol. The molecule has 0 radical (unpaired) electrons. The quantitative estimate of drug-likeness (QED) is 0.368. The second-order valence-corrected chi connectivity index (χ2v) is 7.63. The maximum absolute atomic E-state index is 11.6. The van der Waals surface area contributed by atoms with Crippen LogP contribution in [0.15, 0.2) is 89.9 Å². The van der Waals surface area contributed by atoms with E-state index < -0.39 is 0 Å². The molecular formula is C26H16N2O2. The van der Waals surface area contributed by atoms with Gasteiger partial charge in [-0.25, -0.2) is 4.99 Å². The molecule has 0 saturated heterocycles. The first-order valence-electron chi connectivity index (χ1n) is 9.88. The van der Waals surface area contributed by atoms with Gasteiger partial charge in [0.2, 0.25) is 0 Å². The molecule has 142 valence electrons. The number of nitro groups is 1. The summed E-state index contributed by atoms with van der Waals surface area (Å²) in [5, 5.41) is 15.8. The van der Waals surface area contributed by atoms with Crippen molar-refractivity contribution in [3.8, 4) is 11.1 Å². The number of rotatable bonds is 3. The van der Waals surface area contributed by atoms with Gasteiger partial charge in [-0.1, -0.05) is 72.8 Å². The van der Waals surface area contributed by atoms with Crippen LogP contribution in [0.5, 0.6) is 0 Å². The zero-order valence-electron chi connectivity index (χ0n) is 15.9. The predicted molar refractivity (Wildman–Crippen MR) is 118 cm³/mol. The van der Waals surface area contributed by atoms with E-state index in [0.717, 1.165) is 38.2 Å². The van der Waals surface area contributed by atoms with Crippen LogP contribution in [0.4, 0.5) is 5.69 Å². The Hall–Kier alpha value is -4.05. The lowest BCUT2D eigenvalue weighted by Crippen LogP contribution is -2.14. The van der Waals surface area contributed by atoms with Gasteiger partial charge in [-0.2, -0.15) is 0 Å². The molecule has 4 nitrogen and oxygen atoms in total. The van der Waals surface area contributed by atoms with Gasteiger partial charge in [-0.15, -0.1) is 0 Å². The van der Waals surface area contributed by atoms with Crippen LogP contribution in [0.25, 0.3) is 33.7 Å². The molecule has 0 saturated carbocycles. The molecule has 0 spiro atoms. The number of allylic oxidation sites excluding steroid dienone is 1. The van der Waals surface area contributed by atoms with Crippen molar-refractivity contribution in [2.45, 2.75) is 5.92 Å². The van der Waals surface area contributed by atoms with E-state index in [1.165, 1.54) is 5.56 Å². The summed E-state index contributed by atoms with van der Waals surface area (Å²) in [5.41, 5.74) is 4.81. The SMILES string of the molecule is O=[N+]([O-])c1ccccc1-c1ccc2ccc3c4c2c1=NC4=CC(c1ccccc1)C=3. The van der Waals surface area contributed by atoms with Crippen molar-refractivity contribution in [1.29, 1.82) is 0 Å². The highest BCUT2D eigenvalue weighted by Gasteiger charge is 2.25. The van der Waals surface area contributed by atoms with Crippen LogP contribution in [0.2, 0.25) is 0 Å². The first-order chi connectivity index (χ1) is 14.7. The highest BCUT2D eigenvalue weighted by molar-refractivity contribution is 6.01. The molecule has 4 heteroatoms. The zero-order chi connectivity index (χ0) is 20.2. The Labute approximate surface area is 172 Å². The fraction of sp³-hybridized carbons (Fsp3) is 0.0385. The molecule has 1 aliphatic carbocycles. The van der Waals surface area contributed by atoms with Gasteiger partial charge < -0.3 is 0 Å². The number of nitro benzene ring substituents is 1. The molecule has 2 aliphatic rings. The lowest BCUT2D eigenvalue weighted by molar-refractivity contribution is -0.384. The molecule has 0 bridgehead atoms. The van der Waals surface area contributed by atoms with Gasteiger partial charge in [0.25, 0.3) is 5.69 Å². The standard InChI is InChI=1S/C26H16N2O2/c29-28(30)23-9-5-4-8-20(23)21-13-12-17-10-11-18-14-19(16-6-2-1-3-7-16)15-22-24(18)25(17)26(21)27-22/h1-15,19H. The summed E-state index contributed by atoms with van der Waals surface area (Å²) in [6.07, 6.45) is 4.47. The van der Waals surface area contributed by atoms with Crippen molar-refractivity contribution in [2.24, 2.45) is 4.99 Å². The van der Waals surface area contributed by atoms with E-state index in [4.69, 9.17) is 4.99 Å². The van der Waals surface area contributed by atoms with Crippen LogP contribution in [-0.2, 0) is 0 Å². The predicted octanol–water partition coefficient (Wildman–Crippen LogP) is 4.97. The average molecular weight is 388 g/mol. The molecule has 0 N–H and O–H groups in total. The molecule has 6 rings (SSSR count). The fourth-order valence-corrected chi connectivity index (χ4v) is 4.60. The average Bonchev–Trinajstić information content (AvgIpc) is 3.18. The normalized spacial score (nSPS) is 16.0. The van der Waals surface area contributed by atoms with E-state index >= 15 is 0 Å².